The minimum Gasteiger partial charge on any atom is -0.390 e. The van der Waals surface area contributed by atoms with Crippen molar-refractivity contribution >= 4 is 11.6 Å². The summed E-state index contributed by atoms with van der Waals surface area (Å²) in [6.45, 7) is 3.04. The Morgan fingerprint density at radius 2 is 2.11 bits per heavy atom. The molecule has 0 amide bonds. The van der Waals surface area contributed by atoms with E-state index in [9.17, 15) is 9.50 Å². The van der Waals surface area contributed by atoms with Crippen LogP contribution in [-0.4, -0.2) is 23.3 Å². The Labute approximate surface area is 119 Å². The predicted molar refractivity (Wildman–Crippen MR) is 76.0 cm³/mol. The van der Waals surface area contributed by atoms with Gasteiger partial charge in [0.15, 0.2) is 0 Å². The summed E-state index contributed by atoms with van der Waals surface area (Å²) >= 11 is 5.74. The third-order valence-corrected chi connectivity index (χ3v) is 4.18. The van der Waals surface area contributed by atoms with E-state index in [0.29, 0.717) is 35.9 Å². The second-order valence-electron chi connectivity index (χ2n) is 5.47. The van der Waals surface area contributed by atoms with Gasteiger partial charge in [0.25, 0.3) is 0 Å². The molecule has 106 valence electrons. The minimum atomic E-state index is -0.777. The fourth-order valence-corrected chi connectivity index (χ4v) is 3.00. The van der Waals surface area contributed by atoms with Gasteiger partial charge in [0.05, 0.1) is 5.60 Å². The molecule has 0 aromatic heterocycles. The molecule has 1 aromatic rings. The van der Waals surface area contributed by atoms with Gasteiger partial charge in [-0.3, -0.25) is 0 Å². The third kappa shape index (κ3) is 3.91. The SMILES string of the molecule is CCNC1CCC(O)(Cc2ccc(Cl)cc2F)CC1. The van der Waals surface area contributed by atoms with Crippen molar-refractivity contribution in [1.82, 2.24) is 5.32 Å². The number of aliphatic hydroxyl groups is 1. The summed E-state index contributed by atoms with van der Waals surface area (Å²) in [5, 5.41) is 14.4. The Bertz CT molecular complexity index is 430. The van der Waals surface area contributed by atoms with E-state index in [-0.39, 0.29) is 5.82 Å². The molecule has 2 rings (SSSR count). The molecule has 0 heterocycles. The smallest absolute Gasteiger partial charge is 0.127 e. The van der Waals surface area contributed by atoms with Crippen LogP contribution in [0.4, 0.5) is 4.39 Å². The topological polar surface area (TPSA) is 32.3 Å². The zero-order chi connectivity index (χ0) is 13.9. The van der Waals surface area contributed by atoms with Crippen LogP contribution in [0.2, 0.25) is 5.02 Å². The maximum atomic E-state index is 13.8. The summed E-state index contributed by atoms with van der Waals surface area (Å²) in [6, 6.07) is 5.14. The first-order valence-corrected chi connectivity index (χ1v) is 7.30. The molecule has 1 aliphatic rings. The van der Waals surface area contributed by atoms with Gasteiger partial charge in [0.2, 0.25) is 0 Å². The molecule has 2 N–H and O–H groups in total. The van der Waals surface area contributed by atoms with Gasteiger partial charge in [-0.15, -0.1) is 0 Å². The van der Waals surface area contributed by atoms with Crippen molar-refractivity contribution in [1.29, 1.82) is 0 Å². The summed E-state index contributed by atoms with van der Waals surface area (Å²) in [7, 11) is 0. The van der Waals surface area contributed by atoms with E-state index in [0.717, 1.165) is 19.4 Å². The van der Waals surface area contributed by atoms with Crippen molar-refractivity contribution in [3.05, 3.63) is 34.6 Å². The van der Waals surface area contributed by atoms with Crippen LogP contribution in [0.25, 0.3) is 0 Å². The Balaban J connectivity index is 1.99. The largest absolute Gasteiger partial charge is 0.390 e. The maximum absolute atomic E-state index is 13.8. The van der Waals surface area contributed by atoms with E-state index in [1.54, 1.807) is 12.1 Å². The Hall–Kier alpha value is -0.640. The molecular weight excluding hydrogens is 265 g/mol. The predicted octanol–water partition coefficient (Wildman–Crippen LogP) is 3.30. The standard InChI is InChI=1S/C15H21ClFNO/c1-2-18-13-5-7-15(19,8-6-13)10-11-3-4-12(16)9-14(11)17/h3-4,9,13,18-19H,2,5-8,10H2,1H3. The number of hydrogen-bond donors (Lipinski definition) is 2. The molecule has 1 aromatic carbocycles. The molecule has 0 unspecified atom stereocenters. The van der Waals surface area contributed by atoms with Crippen LogP contribution >= 0.6 is 11.6 Å². The molecule has 0 aliphatic heterocycles. The summed E-state index contributed by atoms with van der Waals surface area (Å²) in [4.78, 5) is 0. The quantitative estimate of drug-likeness (QED) is 0.890. The highest BCUT2D eigenvalue weighted by molar-refractivity contribution is 6.30. The lowest BCUT2D eigenvalue weighted by molar-refractivity contribution is -0.00359. The number of halogens is 2. The molecule has 1 fully saturated rings. The fourth-order valence-electron chi connectivity index (χ4n) is 2.84. The second-order valence-corrected chi connectivity index (χ2v) is 5.91. The van der Waals surface area contributed by atoms with E-state index in [1.807, 2.05) is 0 Å². The zero-order valence-electron chi connectivity index (χ0n) is 11.3. The van der Waals surface area contributed by atoms with E-state index < -0.39 is 5.60 Å². The highest BCUT2D eigenvalue weighted by Gasteiger charge is 2.33. The summed E-state index contributed by atoms with van der Waals surface area (Å²) in [5.41, 5.74) is -0.227. The summed E-state index contributed by atoms with van der Waals surface area (Å²) in [5.74, 6) is -0.324. The van der Waals surface area contributed by atoms with Crippen LogP contribution in [0.1, 0.15) is 38.2 Å². The third-order valence-electron chi connectivity index (χ3n) is 3.94. The number of nitrogens with one attached hydrogen (secondary N) is 1. The zero-order valence-corrected chi connectivity index (χ0v) is 12.0. The van der Waals surface area contributed by atoms with Crippen LogP contribution in [0, 0.1) is 5.82 Å². The maximum Gasteiger partial charge on any atom is 0.127 e. The van der Waals surface area contributed by atoms with Crippen LogP contribution in [-0.2, 0) is 6.42 Å². The van der Waals surface area contributed by atoms with Crippen LogP contribution in [0.15, 0.2) is 18.2 Å². The summed E-state index contributed by atoms with van der Waals surface area (Å²) in [6.07, 6.45) is 3.69. The van der Waals surface area contributed by atoms with E-state index in [2.05, 4.69) is 12.2 Å². The first-order valence-electron chi connectivity index (χ1n) is 6.92. The first-order chi connectivity index (χ1) is 9.02. The van der Waals surface area contributed by atoms with Crippen molar-refractivity contribution in [2.45, 2.75) is 50.7 Å². The van der Waals surface area contributed by atoms with E-state index in [4.69, 9.17) is 11.6 Å². The average Bonchev–Trinajstić information content (AvgIpc) is 2.36. The van der Waals surface area contributed by atoms with Gasteiger partial charge in [-0.25, -0.2) is 4.39 Å². The van der Waals surface area contributed by atoms with Crippen molar-refractivity contribution in [3.8, 4) is 0 Å². The Morgan fingerprint density at radius 3 is 2.68 bits per heavy atom. The van der Waals surface area contributed by atoms with Gasteiger partial charge in [-0.05, 0) is 49.9 Å². The van der Waals surface area contributed by atoms with Crippen LogP contribution < -0.4 is 5.32 Å². The molecule has 19 heavy (non-hydrogen) atoms. The molecule has 0 saturated heterocycles. The molecule has 1 aliphatic carbocycles. The van der Waals surface area contributed by atoms with Gasteiger partial charge >= 0.3 is 0 Å². The van der Waals surface area contributed by atoms with Gasteiger partial charge in [0, 0.05) is 17.5 Å². The van der Waals surface area contributed by atoms with Crippen molar-refractivity contribution in [3.63, 3.8) is 0 Å². The van der Waals surface area contributed by atoms with Crippen molar-refractivity contribution < 1.29 is 9.50 Å². The van der Waals surface area contributed by atoms with Crippen molar-refractivity contribution in [2.75, 3.05) is 6.54 Å². The molecule has 0 atom stereocenters. The van der Waals surface area contributed by atoms with Gasteiger partial charge in [-0.1, -0.05) is 24.6 Å². The fraction of sp³-hybridized carbons (Fsp3) is 0.600. The van der Waals surface area contributed by atoms with Crippen LogP contribution in [0.5, 0.6) is 0 Å². The van der Waals surface area contributed by atoms with Gasteiger partial charge in [0.1, 0.15) is 5.82 Å². The number of benzene rings is 1. The first kappa shape index (κ1) is 14.8. The minimum absolute atomic E-state index is 0.324. The Kier molecular flexibility index (Phi) is 4.82. The van der Waals surface area contributed by atoms with Crippen LogP contribution in [0.3, 0.4) is 0 Å². The lowest BCUT2D eigenvalue weighted by Gasteiger charge is -2.36. The highest BCUT2D eigenvalue weighted by Crippen LogP contribution is 2.32. The number of rotatable bonds is 4. The van der Waals surface area contributed by atoms with Gasteiger partial charge < -0.3 is 10.4 Å². The van der Waals surface area contributed by atoms with E-state index in [1.165, 1.54) is 6.07 Å². The number of hydrogen-bond acceptors (Lipinski definition) is 2. The average molecular weight is 286 g/mol. The molecule has 0 radical (unpaired) electrons. The Morgan fingerprint density at radius 1 is 1.42 bits per heavy atom. The monoisotopic (exact) mass is 285 g/mol. The molecular formula is C15H21ClFNO. The van der Waals surface area contributed by atoms with E-state index >= 15 is 0 Å². The van der Waals surface area contributed by atoms with Crippen molar-refractivity contribution in [2.24, 2.45) is 0 Å². The molecule has 0 bridgehead atoms. The van der Waals surface area contributed by atoms with Gasteiger partial charge in [-0.2, -0.15) is 0 Å². The normalized spacial score (nSPS) is 27.5. The molecule has 1 saturated carbocycles. The molecule has 0 spiro atoms. The lowest BCUT2D eigenvalue weighted by Crippen LogP contribution is -2.42. The highest BCUT2D eigenvalue weighted by atomic mass is 35.5. The molecule has 2 nitrogen and oxygen atoms in total. The summed E-state index contributed by atoms with van der Waals surface area (Å²) < 4.78 is 13.8. The molecule has 4 heteroatoms. The lowest BCUT2D eigenvalue weighted by atomic mass is 9.78. The second kappa shape index (κ2) is 6.21.